The number of nitriles is 1. The monoisotopic (exact) mass is 547 g/mol. The minimum Gasteiger partial charge on any atom is -0.456 e. The van der Waals surface area contributed by atoms with Crippen molar-refractivity contribution in [2.24, 2.45) is 11.8 Å². The molecule has 3 atom stereocenters. The Balaban J connectivity index is 1.32. The summed E-state index contributed by atoms with van der Waals surface area (Å²) >= 11 is 6.45. The normalized spacial score (nSPS) is 26.3. The molecule has 196 valence electrons. The van der Waals surface area contributed by atoms with Crippen molar-refractivity contribution in [2.75, 3.05) is 18.5 Å². The van der Waals surface area contributed by atoms with Gasteiger partial charge in [-0.2, -0.15) is 9.35 Å². The van der Waals surface area contributed by atoms with E-state index in [2.05, 4.69) is 5.10 Å². The Morgan fingerprint density at radius 1 is 1.27 bits per heavy atom. The van der Waals surface area contributed by atoms with E-state index in [-0.39, 0.29) is 40.9 Å². The first kappa shape index (κ1) is 25.5. The summed E-state index contributed by atoms with van der Waals surface area (Å²) in [6.45, 7) is 0.527. The zero-order valence-corrected chi connectivity index (χ0v) is 21.9. The van der Waals surface area contributed by atoms with Gasteiger partial charge in [-0.3, -0.25) is 4.79 Å². The van der Waals surface area contributed by atoms with Crippen LogP contribution in [-0.2, 0) is 19.6 Å². The van der Waals surface area contributed by atoms with Crippen molar-refractivity contribution in [1.29, 1.82) is 5.26 Å². The molecule has 2 N–H and O–H groups in total. The van der Waals surface area contributed by atoms with Crippen molar-refractivity contribution in [3.63, 3.8) is 0 Å². The number of carbonyl (C=O) groups is 1. The van der Waals surface area contributed by atoms with Crippen LogP contribution in [0.15, 0.2) is 34.0 Å². The Kier molecular flexibility index (Phi) is 6.66. The average Bonchev–Trinajstić information content (AvgIpc) is 3.41. The van der Waals surface area contributed by atoms with Crippen LogP contribution in [0.2, 0.25) is 0 Å². The lowest BCUT2D eigenvalue weighted by Gasteiger charge is -2.31. The first-order valence-corrected chi connectivity index (χ1v) is 14.4. The molecule has 1 saturated heterocycles. The summed E-state index contributed by atoms with van der Waals surface area (Å²) in [5, 5.41) is 14.8. The zero-order chi connectivity index (χ0) is 26.5. The van der Waals surface area contributed by atoms with Crippen molar-refractivity contribution in [3.8, 4) is 6.07 Å². The molecule has 5 rings (SSSR count). The van der Waals surface area contributed by atoms with Crippen LogP contribution in [0, 0.1) is 23.2 Å². The van der Waals surface area contributed by atoms with Crippen LogP contribution in [0.1, 0.15) is 44.9 Å². The number of nitrogens with two attached hydrogens (primary N) is 1. The number of rotatable bonds is 5. The van der Waals surface area contributed by atoms with Gasteiger partial charge in [0, 0.05) is 24.6 Å². The molecule has 0 aromatic carbocycles. The number of nitrogen functional groups attached to an aromatic ring is 1. The number of ether oxygens (including phenoxy) is 1. The van der Waals surface area contributed by atoms with Crippen molar-refractivity contribution in [3.05, 3.63) is 44.6 Å². The molecule has 1 fully saturated rings. The highest BCUT2D eigenvalue weighted by molar-refractivity contribution is 7.89. The molecule has 1 aromatic rings. The van der Waals surface area contributed by atoms with Gasteiger partial charge in [-0.25, -0.2) is 12.8 Å². The van der Waals surface area contributed by atoms with E-state index in [0.717, 1.165) is 16.8 Å². The molecule has 1 aliphatic heterocycles. The smallest absolute Gasteiger partial charge is 0.251 e. The molecule has 9 nitrogen and oxygen atoms in total. The first-order chi connectivity index (χ1) is 17.6. The average molecular weight is 548 g/mol. The van der Waals surface area contributed by atoms with Gasteiger partial charge in [0.05, 0.1) is 34.3 Å². The summed E-state index contributed by atoms with van der Waals surface area (Å²) in [6.07, 6.45) is 9.53. The molecule has 37 heavy (non-hydrogen) atoms. The minimum absolute atomic E-state index is 0.0102. The van der Waals surface area contributed by atoms with Gasteiger partial charge in [-0.1, -0.05) is 17.7 Å². The highest BCUT2D eigenvalue weighted by Gasteiger charge is 2.40. The molecular formula is C25H27ClFN5O4S. The standard InChI is InChI=1S/C25H27ClFN5O4S/c1-37(34,35)32-21-8-6-17(11-18(21)25(29)30-32)31-13-16(10-23(31)33)14-5-7-19(26)22(9-14)36-24-15(12-28)3-2-4-20(24)27/h4,8,11,14,16-17H,2-3,5-7,9-10,13H2,1H3,(H2,29,30)/t14?,16-,17?/m0/s1. The third kappa shape index (κ3) is 4.80. The number of hydrogen-bond acceptors (Lipinski definition) is 7. The Labute approximate surface area is 219 Å². The zero-order valence-electron chi connectivity index (χ0n) is 20.3. The molecular weight excluding hydrogens is 521 g/mol. The minimum atomic E-state index is -3.60. The summed E-state index contributed by atoms with van der Waals surface area (Å²) in [6, 6.07) is 1.77. The number of fused-ring (bicyclic) bond motifs is 1. The van der Waals surface area contributed by atoms with E-state index in [4.69, 9.17) is 22.1 Å². The summed E-state index contributed by atoms with van der Waals surface area (Å²) in [5.41, 5.74) is 6.26. The van der Waals surface area contributed by atoms with Gasteiger partial charge < -0.3 is 15.4 Å². The van der Waals surface area contributed by atoms with Crippen LogP contribution >= 0.6 is 11.6 Å². The van der Waals surface area contributed by atoms with Gasteiger partial charge in [0.25, 0.3) is 10.0 Å². The van der Waals surface area contributed by atoms with Crippen molar-refractivity contribution < 1.29 is 22.3 Å². The predicted octanol–water partition coefficient (Wildman–Crippen LogP) is 2.15. The highest BCUT2D eigenvalue weighted by Crippen LogP contribution is 2.42. The molecule has 0 saturated carbocycles. The second kappa shape index (κ2) is 9.65. The number of likely N-dealkylation sites (tertiary alicyclic amines) is 1. The van der Waals surface area contributed by atoms with Crippen molar-refractivity contribution in [2.45, 2.75) is 51.0 Å². The van der Waals surface area contributed by atoms with E-state index in [0.29, 0.717) is 66.4 Å². The number of halogens is 2. The van der Waals surface area contributed by atoms with Gasteiger partial charge in [-0.05, 0) is 56.1 Å². The first-order valence-electron chi connectivity index (χ1n) is 12.2. The SMILES string of the molecule is CS(=O)(=O)n1nc(N)c2c1=CCC(N1C[C@@H](C3CCC(Cl)=C(OC4=C(C#N)CCC=C4F)C3)CC1=O)C=2. The fraction of sp³-hybridized carbons (Fsp3) is 0.480. The van der Waals surface area contributed by atoms with E-state index < -0.39 is 15.9 Å². The number of nitrogens with zero attached hydrogens (tertiary/aromatic N) is 4. The summed E-state index contributed by atoms with van der Waals surface area (Å²) in [5.74, 6) is 0.130. The third-order valence-electron chi connectivity index (χ3n) is 7.49. The van der Waals surface area contributed by atoms with E-state index in [1.165, 1.54) is 6.08 Å². The van der Waals surface area contributed by atoms with E-state index >= 15 is 0 Å². The summed E-state index contributed by atoms with van der Waals surface area (Å²) in [4.78, 5) is 14.9. The lowest BCUT2D eigenvalue weighted by molar-refractivity contribution is -0.128. The number of hydrogen-bond donors (Lipinski definition) is 1. The largest absolute Gasteiger partial charge is 0.456 e. The summed E-state index contributed by atoms with van der Waals surface area (Å²) in [7, 11) is -3.60. The Hall–Kier alpha value is -3.10. The number of carbonyl (C=O) groups excluding carboxylic acids is 1. The van der Waals surface area contributed by atoms with Crippen LogP contribution < -0.4 is 16.3 Å². The van der Waals surface area contributed by atoms with Crippen molar-refractivity contribution in [1.82, 2.24) is 14.1 Å². The van der Waals surface area contributed by atoms with Gasteiger partial charge >= 0.3 is 0 Å². The Morgan fingerprint density at radius 3 is 2.78 bits per heavy atom. The van der Waals surface area contributed by atoms with Gasteiger partial charge in [0.15, 0.2) is 17.4 Å². The molecule has 2 unspecified atom stereocenters. The molecule has 0 radical (unpaired) electrons. The molecule has 0 spiro atoms. The highest BCUT2D eigenvalue weighted by atomic mass is 35.5. The van der Waals surface area contributed by atoms with Crippen LogP contribution in [0.5, 0.6) is 0 Å². The number of allylic oxidation sites excluding steroid dienone is 5. The van der Waals surface area contributed by atoms with Gasteiger partial charge in [-0.15, -0.1) is 5.10 Å². The second-order valence-electron chi connectivity index (χ2n) is 9.92. The fourth-order valence-electron chi connectivity index (χ4n) is 5.59. The maximum atomic E-state index is 14.4. The van der Waals surface area contributed by atoms with E-state index in [1.54, 1.807) is 6.08 Å². The maximum absolute atomic E-state index is 14.4. The molecule has 2 heterocycles. The maximum Gasteiger partial charge on any atom is 0.251 e. The lowest BCUT2D eigenvalue weighted by atomic mass is 9.81. The van der Waals surface area contributed by atoms with Gasteiger partial charge in [0.1, 0.15) is 5.76 Å². The van der Waals surface area contributed by atoms with E-state index in [9.17, 15) is 22.9 Å². The molecule has 1 aromatic heterocycles. The van der Waals surface area contributed by atoms with Crippen LogP contribution in [0.3, 0.4) is 0 Å². The molecule has 4 aliphatic rings. The topological polar surface area (TPSA) is 131 Å². The summed E-state index contributed by atoms with van der Waals surface area (Å²) < 4.78 is 45.3. The quantitative estimate of drug-likeness (QED) is 0.597. The third-order valence-corrected chi connectivity index (χ3v) is 8.80. The Bertz CT molecular complexity index is 1540. The predicted molar refractivity (Wildman–Crippen MR) is 136 cm³/mol. The molecule has 3 aliphatic carbocycles. The second-order valence-corrected chi connectivity index (χ2v) is 12.2. The van der Waals surface area contributed by atoms with Crippen molar-refractivity contribution >= 4 is 45.5 Å². The van der Waals surface area contributed by atoms with Crippen LogP contribution in [0.25, 0.3) is 12.2 Å². The number of amides is 1. The number of anilines is 1. The van der Waals surface area contributed by atoms with Crippen LogP contribution in [0.4, 0.5) is 10.2 Å². The van der Waals surface area contributed by atoms with Gasteiger partial charge in [0.2, 0.25) is 5.91 Å². The molecule has 12 heteroatoms. The molecule has 1 amide bonds. The van der Waals surface area contributed by atoms with Crippen LogP contribution in [-0.4, -0.2) is 47.3 Å². The fourth-order valence-corrected chi connectivity index (χ4v) is 6.59. The van der Waals surface area contributed by atoms with E-state index in [1.807, 2.05) is 17.0 Å². The lowest BCUT2D eigenvalue weighted by Crippen LogP contribution is -2.43. The number of aromatic nitrogens is 2. The Morgan fingerprint density at radius 2 is 2.05 bits per heavy atom. The molecule has 0 bridgehead atoms.